The Hall–Kier alpha value is -3.10. The number of hydrogen-bond donors (Lipinski definition) is 2. The molecular formula is C23H23ClN4O3S. The molecule has 0 spiro atoms. The van der Waals surface area contributed by atoms with Crippen molar-refractivity contribution in [1.29, 1.82) is 0 Å². The Balaban J connectivity index is 1.31. The van der Waals surface area contributed by atoms with Gasteiger partial charge in [-0.2, -0.15) is 0 Å². The van der Waals surface area contributed by atoms with Crippen LogP contribution in [-0.4, -0.2) is 34.9 Å². The van der Waals surface area contributed by atoms with E-state index in [1.54, 1.807) is 41.3 Å². The van der Waals surface area contributed by atoms with Crippen LogP contribution in [0.3, 0.4) is 0 Å². The first-order chi connectivity index (χ1) is 15.6. The molecule has 32 heavy (non-hydrogen) atoms. The molecule has 9 heteroatoms. The van der Waals surface area contributed by atoms with Crippen LogP contribution in [0.2, 0.25) is 5.02 Å². The molecule has 1 aromatic heterocycles. The molecule has 1 aliphatic rings. The lowest BCUT2D eigenvalue weighted by Crippen LogP contribution is -2.32. The van der Waals surface area contributed by atoms with Crippen molar-refractivity contribution in [2.45, 2.75) is 25.9 Å². The Bertz CT molecular complexity index is 1080. The maximum Gasteiger partial charge on any atom is 0.321 e. The number of rotatable bonds is 7. The normalized spacial score (nSPS) is 13.1. The number of likely N-dealkylation sites (tertiary alicyclic amines) is 1. The van der Waals surface area contributed by atoms with Gasteiger partial charge < -0.3 is 20.3 Å². The number of nitrogens with one attached hydrogen (secondary N) is 2. The van der Waals surface area contributed by atoms with E-state index in [0.29, 0.717) is 34.4 Å². The van der Waals surface area contributed by atoms with Crippen LogP contribution in [0.25, 0.3) is 0 Å². The molecule has 1 aliphatic heterocycles. The summed E-state index contributed by atoms with van der Waals surface area (Å²) in [6, 6.07) is 14.2. The van der Waals surface area contributed by atoms with E-state index in [1.165, 1.54) is 11.3 Å². The average molecular weight is 471 g/mol. The van der Waals surface area contributed by atoms with Gasteiger partial charge in [0.15, 0.2) is 0 Å². The predicted octanol–water partition coefficient (Wildman–Crippen LogP) is 5.18. The molecule has 0 saturated carbocycles. The molecule has 166 valence electrons. The molecular weight excluding hydrogens is 448 g/mol. The fraction of sp³-hybridized carbons (Fsp3) is 0.261. The van der Waals surface area contributed by atoms with E-state index in [0.717, 1.165) is 30.9 Å². The van der Waals surface area contributed by atoms with Crippen molar-refractivity contribution < 1.29 is 14.3 Å². The minimum atomic E-state index is -0.205. The lowest BCUT2D eigenvalue weighted by atomic mass is 10.2. The van der Waals surface area contributed by atoms with Gasteiger partial charge in [0.1, 0.15) is 17.4 Å². The van der Waals surface area contributed by atoms with Gasteiger partial charge in [-0.25, -0.2) is 9.78 Å². The van der Waals surface area contributed by atoms with E-state index in [9.17, 15) is 9.59 Å². The first-order valence-electron chi connectivity index (χ1n) is 10.3. The summed E-state index contributed by atoms with van der Waals surface area (Å²) in [4.78, 5) is 31.2. The number of benzene rings is 2. The summed E-state index contributed by atoms with van der Waals surface area (Å²) in [5, 5.41) is 9.05. The summed E-state index contributed by atoms with van der Waals surface area (Å²) in [5.41, 5.74) is 1.81. The van der Waals surface area contributed by atoms with E-state index in [4.69, 9.17) is 16.3 Å². The highest BCUT2D eigenvalue weighted by atomic mass is 35.5. The van der Waals surface area contributed by atoms with Crippen molar-refractivity contribution in [2.75, 3.05) is 23.7 Å². The SMILES string of the molecule is O=C(Cc1csc(COc2ccc(Cl)cc2)n1)Nc1ccccc1NC(=O)N1CCCC1. The Morgan fingerprint density at radius 2 is 1.72 bits per heavy atom. The number of amides is 3. The van der Waals surface area contributed by atoms with Crippen molar-refractivity contribution in [2.24, 2.45) is 0 Å². The molecule has 0 bridgehead atoms. The molecule has 2 heterocycles. The van der Waals surface area contributed by atoms with Crippen LogP contribution in [0.1, 0.15) is 23.5 Å². The molecule has 2 aromatic carbocycles. The van der Waals surface area contributed by atoms with Crippen LogP contribution in [0, 0.1) is 0 Å². The van der Waals surface area contributed by atoms with Gasteiger partial charge >= 0.3 is 6.03 Å². The third-order valence-corrected chi connectivity index (χ3v) is 6.08. The maximum absolute atomic E-state index is 12.6. The van der Waals surface area contributed by atoms with Gasteiger partial charge in [-0.3, -0.25) is 4.79 Å². The van der Waals surface area contributed by atoms with E-state index in [2.05, 4.69) is 15.6 Å². The molecule has 3 aromatic rings. The third-order valence-electron chi connectivity index (χ3n) is 4.95. The zero-order valence-electron chi connectivity index (χ0n) is 17.3. The van der Waals surface area contributed by atoms with Gasteiger partial charge in [-0.1, -0.05) is 23.7 Å². The molecule has 2 N–H and O–H groups in total. The summed E-state index contributed by atoms with van der Waals surface area (Å²) >= 11 is 7.32. The molecule has 1 saturated heterocycles. The molecule has 0 unspecified atom stereocenters. The summed E-state index contributed by atoms with van der Waals surface area (Å²) in [5.74, 6) is 0.500. The third kappa shape index (κ3) is 5.99. The summed E-state index contributed by atoms with van der Waals surface area (Å²) in [6.45, 7) is 1.84. The van der Waals surface area contributed by atoms with Crippen LogP contribution in [0.5, 0.6) is 5.75 Å². The van der Waals surface area contributed by atoms with Gasteiger partial charge in [0.2, 0.25) is 5.91 Å². The Morgan fingerprint density at radius 1 is 1.03 bits per heavy atom. The van der Waals surface area contributed by atoms with Crippen molar-refractivity contribution in [3.63, 3.8) is 0 Å². The zero-order chi connectivity index (χ0) is 22.3. The quantitative estimate of drug-likeness (QED) is 0.498. The summed E-state index contributed by atoms with van der Waals surface area (Å²) < 4.78 is 5.70. The second-order valence-corrected chi connectivity index (χ2v) is 8.75. The lowest BCUT2D eigenvalue weighted by Gasteiger charge is -2.18. The highest BCUT2D eigenvalue weighted by Gasteiger charge is 2.19. The minimum Gasteiger partial charge on any atom is -0.486 e. The number of ether oxygens (including phenoxy) is 1. The molecule has 1 fully saturated rings. The number of carbonyl (C=O) groups excluding carboxylic acids is 2. The van der Waals surface area contributed by atoms with Gasteiger partial charge in [0.05, 0.1) is 23.5 Å². The highest BCUT2D eigenvalue weighted by Crippen LogP contribution is 2.23. The number of aromatic nitrogens is 1. The number of thiazole rings is 1. The first-order valence-corrected chi connectivity index (χ1v) is 11.6. The highest BCUT2D eigenvalue weighted by molar-refractivity contribution is 7.09. The van der Waals surface area contributed by atoms with E-state index in [-0.39, 0.29) is 18.4 Å². The van der Waals surface area contributed by atoms with Crippen molar-refractivity contribution in [3.8, 4) is 5.75 Å². The first kappa shape index (κ1) is 22.1. The zero-order valence-corrected chi connectivity index (χ0v) is 18.9. The van der Waals surface area contributed by atoms with Gasteiger partial charge in [0, 0.05) is 23.5 Å². The Kier molecular flexibility index (Phi) is 7.24. The largest absolute Gasteiger partial charge is 0.486 e. The second-order valence-electron chi connectivity index (χ2n) is 7.37. The minimum absolute atomic E-state index is 0.131. The Morgan fingerprint density at radius 3 is 2.44 bits per heavy atom. The monoisotopic (exact) mass is 470 g/mol. The van der Waals surface area contributed by atoms with Crippen LogP contribution < -0.4 is 15.4 Å². The van der Waals surface area contributed by atoms with E-state index in [1.807, 2.05) is 17.5 Å². The van der Waals surface area contributed by atoms with Crippen LogP contribution >= 0.6 is 22.9 Å². The maximum atomic E-state index is 12.6. The average Bonchev–Trinajstić information content (AvgIpc) is 3.47. The number of hydrogen-bond acceptors (Lipinski definition) is 5. The van der Waals surface area contributed by atoms with E-state index >= 15 is 0 Å². The fourth-order valence-electron chi connectivity index (χ4n) is 3.35. The smallest absolute Gasteiger partial charge is 0.321 e. The standard InChI is InChI=1S/C23H23ClN4O3S/c24-16-7-9-18(10-8-16)31-14-22-25-17(15-32-22)13-21(29)26-19-5-1-2-6-20(19)27-23(30)28-11-3-4-12-28/h1-2,5-10,15H,3-4,11-14H2,(H,26,29)(H,27,30). The molecule has 4 rings (SSSR count). The van der Waals surface area contributed by atoms with Crippen LogP contribution in [-0.2, 0) is 17.8 Å². The number of urea groups is 1. The van der Waals surface area contributed by atoms with Crippen molar-refractivity contribution in [1.82, 2.24) is 9.88 Å². The number of para-hydroxylation sites is 2. The van der Waals surface area contributed by atoms with Crippen LogP contribution in [0.15, 0.2) is 53.9 Å². The Labute approximate surface area is 195 Å². The molecule has 0 radical (unpaired) electrons. The van der Waals surface area contributed by atoms with Gasteiger partial charge in [0.25, 0.3) is 0 Å². The summed E-state index contributed by atoms with van der Waals surface area (Å²) in [6.07, 6.45) is 2.17. The number of nitrogens with zero attached hydrogens (tertiary/aromatic N) is 2. The van der Waals surface area contributed by atoms with Crippen LogP contribution in [0.4, 0.5) is 16.2 Å². The predicted molar refractivity (Wildman–Crippen MR) is 126 cm³/mol. The number of anilines is 2. The number of carbonyl (C=O) groups is 2. The van der Waals surface area contributed by atoms with E-state index < -0.39 is 0 Å². The fourth-order valence-corrected chi connectivity index (χ4v) is 4.18. The van der Waals surface area contributed by atoms with Gasteiger partial charge in [-0.15, -0.1) is 11.3 Å². The number of halogens is 1. The topological polar surface area (TPSA) is 83.6 Å². The molecule has 0 atom stereocenters. The van der Waals surface area contributed by atoms with Crippen molar-refractivity contribution in [3.05, 3.63) is 69.6 Å². The van der Waals surface area contributed by atoms with Gasteiger partial charge in [-0.05, 0) is 49.2 Å². The molecule has 7 nitrogen and oxygen atoms in total. The second kappa shape index (κ2) is 10.5. The summed E-state index contributed by atoms with van der Waals surface area (Å²) in [7, 11) is 0. The molecule has 3 amide bonds. The van der Waals surface area contributed by atoms with Crippen molar-refractivity contribution >= 4 is 46.3 Å². The molecule has 0 aliphatic carbocycles. The lowest BCUT2D eigenvalue weighted by molar-refractivity contribution is -0.115.